The lowest BCUT2D eigenvalue weighted by atomic mass is 10.2. The van der Waals surface area contributed by atoms with Crippen LogP contribution in [0.1, 0.15) is 5.56 Å². The predicted molar refractivity (Wildman–Crippen MR) is 73.8 cm³/mol. The van der Waals surface area contributed by atoms with Crippen LogP contribution in [0, 0.1) is 6.92 Å². The summed E-state index contributed by atoms with van der Waals surface area (Å²) in [6.45, 7) is 10.8. The van der Waals surface area contributed by atoms with Gasteiger partial charge in [0.15, 0.2) is 0 Å². The molecule has 1 rings (SSSR count). The molecule has 0 unspecified atom stereocenters. The molecule has 0 aliphatic heterocycles. The van der Waals surface area contributed by atoms with Crippen molar-refractivity contribution in [1.82, 2.24) is 0 Å². The summed E-state index contributed by atoms with van der Waals surface area (Å²) >= 11 is 12.2. The van der Waals surface area contributed by atoms with Crippen LogP contribution in [0.15, 0.2) is 37.4 Å². The molecule has 0 spiro atoms. The van der Waals surface area contributed by atoms with Crippen LogP contribution in [0.4, 0.5) is 5.69 Å². The molecule has 0 fully saturated rings. The van der Waals surface area contributed by atoms with Gasteiger partial charge >= 0.3 is 0 Å². The number of halogens is 2. The van der Waals surface area contributed by atoms with Crippen LogP contribution in [0.5, 0.6) is 0 Å². The van der Waals surface area contributed by atoms with Gasteiger partial charge in [0.25, 0.3) is 0 Å². The lowest BCUT2D eigenvalue weighted by molar-refractivity contribution is 0.956. The Morgan fingerprint density at radius 3 is 1.94 bits per heavy atom. The van der Waals surface area contributed by atoms with Crippen molar-refractivity contribution in [3.8, 4) is 0 Å². The molecule has 0 atom stereocenters. The van der Waals surface area contributed by atoms with Gasteiger partial charge in [-0.25, -0.2) is 0 Å². The molecule has 0 saturated carbocycles. The van der Waals surface area contributed by atoms with E-state index in [1.165, 1.54) is 0 Å². The highest BCUT2D eigenvalue weighted by molar-refractivity contribution is 6.36. The molecule has 0 aliphatic carbocycles. The molecule has 16 heavy (non-hydrogen) atoms. The van der Waals surface area contributed by atoms with Gasteiger partial charge in [0.2, 0.25) is 0 Å². The second kappa shape index (κ2) is 5.97. The molecule has 86 valence electrons. The van der Waals surface area contributed by atoms with Gasteiger partial charge < -0.3 is 4.90 Å². The van der Waals surface area contributed by atoms with Crippen molar-refractivity contribution in [3.63, 3.8) is 0 Å². The van der Waals surface area contributed by atoms with E-state index in [1.54, 1.807) is 0 Å². The van der Waals surface area contributed by atoms with Crippen LogP contribution in [0.2, 0.25) is 10.0 Å². The summed E-state index contributed by atoms with van der Waals surface area (Å²) in [7, 11) is 0. The van der Waals surface area contributed by atoms with E-state index in [0.717, 1.165) is 24.3 Å². The Labute approximate surface area is 107 Å². The number of rotatable bonds is 5. The monoisotopic (exact) mass is 255 g/mol. The van der Waals surface area contributed by atoms with Crippen molar-refractivity contribution in [2.24, 2.45) is 0 Å². The summed E-state index contributed by atoms with van der Waals surface area (Å²) in [5, 5.41) is 1.36. The summed E-state index contributed by atoms with van der Waals surface area (Å²) in [6, 6.07) is 3.82. The number of benzene rings is 1. The molecule has 0 radical (unpaired) electrons. The quantitative estimate of drug-likeness (QED) is 0.702. The molecule has 0 saturated heterocycles. The van der Waals surface area contributed by atoms with Crippen LogP contribution in [-0.2, 0) is 0 Å². The van der Waals surface area contributed by atoms with Gasteiger partial charge in [-0.3, -0.25) is 0 Å². The summed E-state index contributed by atoms with van der Waals surface area (Å²) in [4.78, 5) is 2.09. The van der Waals surface area contributed by atoms with E-state index in [1.807, 2.05) is 31.2 Å². The topological polar surface area (TPSA) is 3.24 Å². The summed E-state index contributed by atoms with van der Waals surface area (Å²) < 4.78 is 0. The van der Waals surface area contributed by atoms with Crippen molar-refractivity contribution < 1.29 is 0 Å². The minimum absolute atomic E-state index is 0.681. The van der Waals surface area contributed by atoms with Crippen molar-refractivity contribution in [2.75, 3.05) is 18.0 Å². The van der Waals surface area contributed by atoms with E-state index in [9.17, 15) is 0 Å². The maximum Gasteiger partial charge on any atom is 0.0470 e. The van der Waals surface area contributed by atoms with Gasteiger partial charge in [-0.15, -0.1) is 13.2 Å². The Morgan fingerprint density at radius 1 is 1.12 bits per heavy atom. The van der Waals surface area contributed by atoms with Gasteiger partial charge in [-0.1, -0.05) is 35.4 Å². The molecule has 1 nitrogen and oxygen atoms in total. The first-order valence-corrected chi connectivity index (χ1v) is 5.78. The average molecular weight is 256 g/mol. The van der Waals surface area contributed by atoms with Gasteiger partial charge in [-0.2, -0.15) is 0 Å². The molecule has 0 aromatic heterocycles. The van der Waals surface area contributed by atoms with E-state index in [-0.39, 0.29) is 0 Å². The SMILES string of the molecule is C=CCN(CC=C)c1cc(Cl)c(C)c(Cl)c1. The second-order valence-corrected chi connectivity index (χ2v) is 4.33. The fourth-order valence-electron chi connectivity index (χ4n) is 1.41. The van der Waals surface area contributed by atoms with Crippen LogP contribution >= 0.6 is 23.2 Å². The first-order valence-electron chi connectivity index (χ1n) is 5.02. The second-order valence-electron chi connectivity index (χ2n) is 3.52. The Morgan fingerprint density at radius 2 is 1.56 bits per heavy atom. The molecule has 0 bridgehead atoms. The number of nitrogens with zero attached hydrogens (tertiary/aromatic N) is 1. The van der Waals surface area contributed by atoms with Crippen LogP contribution in [0.25, 0.3) is 0 Å². The highest BCUT2D eigenvalue weighted by Crippen LogP contribution is 2.30. The van der Waals surface area contributed by atoms with E-state index in [2.05, 4.69) is 18.1 Å². The Hall–Kier alpha value is -0.920. The first kappa shape index (κ1) is 13.1. The zero-order chi connectivity index (χ0) is 12.1. The molecule has 0 heterocycles. The normalized spacial score (nSPS) is 9.94. The van der Waals surface area contributed by atoms with Crippen molar-refractivity contribution >= 4 is 28.9 Å². The summed E-state index contributed by atoms with van der Waals surface area (Å²) in [5.74, 6) is 0. The van der Waals surface area contributed by atoms with Crippen LogP contribution < -0.4 is 4.90 Å². The maximum atomic E-state index is 6.10. The highest BCUT2D eigenvalue weighted by atomic mass is 35.5. The van der Waals surface area contributed by atoms with E-state index in [4.69, 9.17) is 23.2 Å². The molecule has 0 aliphatic rings. The third kappa shape index (κ3) is 3.03. The Balaban J connectivity index is 3.08. The van der Waals surface area contributed by atoms with E-state index in [0.29, 0.717) is 10.0 Å². The maximum absolute atomic E-state index is 6.10. The minimum atomic E-state index is 0.681. The number of anilines is 1. The molecule has 0 N–H and O–H groups in total. The fraction of sp³-hybridized carbons (Fsp3) is 0.231. The number of hydrogen-bond acceptors (Lipinski definition) is 1. The molecular weight excluding hydrogens is 241 g/mol. The molecule has 3 heteroatoms. The first-order chi connectivity index (χ1) is 7.60. The third-order valence-electron chi connectivity index (χ3n) is 2.33. The molecule has 1 aromatic carbocycles. The lowest BCUT2D eigenvalue weighted by Crippen LogP contribution is -2.23. The number of hydrogen-bond donors (Lipinski definition) is 0. The summed E-state index contributed by atoms with van der Waals surface area (Å²) in [6.07, 6.45) is 3.68. The van der Waals surface area contributed by atoms with E-state index >= 15 is 0 Å². The van der Waals surface area contributed by atoms with Gasteiger partial charge in [0.1, 0.15) is 0 Å². The third-order valence-corrected chi connectivity index (χ3v) is 3.11. The summed E-state index contributed by atoms with van der Waals surface area (Å²) in [5.41, 5.74) is 1.89. The molecular formula is C13H15Cl2N. The highest BCUT2D eigenvalue weighted by Gasteiger charge is 2.08. The van der Waals surface area contributed by atoms with Gasteiger partial charge in [-0.05, 0) is 24.6 Å². The standard InChI is InChI=1S/C13H15Cl2N/c1-4-6-16(7-5-2)11-8-12(14)10(3)13(15)9-11/h4-5,8-9H,1-2,6-7H2,3H3. The van der Waals surface area contributed by atoms with E-state index < -0.39 is 0 Å². The molecule has 0 amide bonds. The average Bonchev–Trinajstić information content (AvgIpc) is 2.25. The zero-order valence-corrected chi connectivity index (χ0v) is 10.9. The lowest BCUT2D eigenvalue weighted by Gasteiger charge is -2.22. The van der Waals surface area contributed by atoms with Gasteiger partial charge in [0, 0.05) is 28.8 Å². The predicted octanol–water partition coefficient (Wildman–Crippen LogP) is 4.48. The Bertz CT molecular complexity index is 366. The van der Waals surface area contributed by atoms with Crippen LogP contribution in [0.3, 0.4) is 0 Å². The minimum Gasteiger partial charge on any atom is -0.364 e. The largest absolute Gasteiger partial charge is 0.364 e. The van der Waals surface area contributed by atoms with Gasteiger partial charge in [0.05, 0.1) is 0 Å². The van der Waals surface area contributed by atoms with Crippen molar-refractivity contribution in [2.45, 2.75) is 6.92 Å². The Kier molecular flexibility index (Phi) is 4.91. The fourth-order valence-corrected chi connectivity index (χ4v) is 1.89. The smallest absolute Gasteiger partial charge is 0.0470 e. The van der Waals surface area contributed by atoms with Crippen molar-refractivity contribution in [3.05, 3.63) is 53.1 Å². The van der Waals surface area contributed by atoms with Crippen LogP contribution in [-0.4, -0.2) is 13.1 Å². The zero-order valence-electron chi connectivity index (χ0n) is 9.34. The molecule has 1 aromatic rings. The van der Waals surface area contributed by atoms with Crippen molar-refractivity contribution in [1.29, 1.82) is 0 Å².